The van der Waals surface area contributed by atoms with E-state index in [2.05, 4.69) is 181 Å². The fraction of sp³-hybridized carbons (Fsp3) is 0.207. The van der Waals surface area contributed by atoms with Crippen LogP contribution in [-0.2, 0) is 0 Å². The largest absolute Gasteiger partial charge is 0.311 e. The molecule has 8 aromatic rings. The lowest BCUT2D eigenvalue weighted by molar-refractivity contribution is 0.342. The Balaban J connectivity index is 0.967. The zero-order valence-electron chi connectivity index (χ0n) is 33.7. The van der Waals surface area contributed by atoms with Gasteiger partial charge in [0.15, 0.2) is 0 Å². The van der Waals surface area contributed by atoms with Gasteiger partial charge in [0.25, 0.3) is 0 Å². The van der Waals surface area contributed by atoms with Gasteiger partial charge in [-0.2, -0.15) is 0 Å². The molecule has 0 spiro atoms. The van der Waals surface area contributed by atoms with Crippen LogP contribution in [-0.4, -0.2) is 0 Å². The fourth-order valence-corrected chi connectivity index (χ4v) is 11.8. The summed E-state index contributed by atoms with van der Waals surface area (Å²) in [6, 6.07) is 65.8. The van der Waals surface area contributed by atoms with Crippen molar-refractivity contribution < 1.29 is 0 Å². The van der Waals surface area contributed by atoms with Crippen molar-refractivity contribution in [3.63, 3.8) is 0 Å². The van der Waals surface area contributed by atoms with E-state index in [1.807, 2.05) is 0 Å². The van der Waals surface area contributed by atoms with E-state index in [0.29, 0.717) is 0 Å². The van der Waals surface area contributed by atoms with Crippen LogP contribution in [0.4, 0.5) is 17.1 Å². The van der Waals surface area contributed by atoms with E-state index >= 15 is 0 Å². The molecular formula is C58H49N. The number of hydrogen-bond donors (Lipinski definition) is 0. The summed E-state index contributed by atoms with van der Waals surface area (Å²) in [5.74, 6) is 2.96. The molecule has 4 bridgehead atoms. The third-order valence-electron chi connectivity index (χ3n) is 14.7. The first-order chi connectivity index (χ1) is 29.2. The van der Waals surface area contributed by atoms with Gasteiger partial charge in [-0.3, -0.25) is 0 Å². The van der Waals surface area contributed by atoms with Gasteiger partial charge in [0.1, 0.15) is 0 Å². The molecule has 0 atom stereocenters. The molecule has 0 radical (unpaired) electrons. The minimum absolute atomic E-state index is 0.721. The summed E-state index contributed by atoms with van der Waals surface area (Å²) in [6.07, 6.45) is 11.0. The summed E-state index contributed by atoms with van der Waals surface area (Å²) in [4.78, 5) is 2.45. The lowest BCUT2D eigenvalue weighted by atomic mass is 9.59. The molecule has 1 nitrogen and oxygen atoms in total. The van der Waals surface area contributed by atoms with Crippen LogP contribution in [0, 0.1) is 0 Å². The monoisotopic (exact) mass is 759 g/mol. The normalized spacial score (nSPS) is 20.0. The summed E-state index contributed by atoms with van der Waals surface area (Å²) < 4.78 is 0. The summed E-state index contributed by atoms with van der Waals surface area (Å²) in [6.45, 7) is 0. The third kappa shape index (κ3) is 5.97. The average Bonchev–Trinajstić information content (AvgIpc) is 3.33. The lowest BCUT2D eigenvalue weighted by Gasteiger charge is -2.46. The fourth-order valence-electron chi connectivity index (χ4n) is 11.8. The molecule has 2 saturated carbocycles. The van der Waals surface area contributed by atoms with E-state index in [1.54, 1.807) is 27.8 Å². The predicted molar refractivity (Wildman–Crippen MR) is 248 cm³/mol. The first kappa shape index (κ1) is 34.8. The molecule has 0 saturated heterocycles. The maximum Gasteiger partial charge on any atom is 0.0462 e. The number of benzene rings is 8. The molecule has 59 heavy (non-hydrogen) atoms. The molecule has 6 aliphatic carbocycles. The van der Waals surface area contributed by atoms with E-state index in [4.69, 9.17) is 0 Å². The molecule has 2 fully saturated rings. The second-order valence-corrected chi connectivity index (χ2v) is 17.8. The van der Waals surface area contributed by atoms with Gasteiger partial charge < -0.3 is 4.90 Å². The Morgan fingerprint density at radius 2 is 0.746 bits per heavy atom. The number of hydrogen-bond acceptors (Lipinski definition) is 1. The summed E-state index contributed by atoms with van der Waals surface area (Å²) in [7, 11) is 0. The Morgan fingerprint density at radius 3 is 1.29 bits per heavy atom. The zero-order chi connectivity index (χ0) is 38.9. The van der Waals surface area contributed by atoms with Crippen molar-refractivity contribution in [3.8, 4) is 44.5 Å². The van der Waals surface area contributed by atoms with Gasteiger partial charge in [0.2, 0.25) is 0 Å². The van der Waals surface area contributed by atoms with Gasteiger partial charge in [-0.1, -0.05) is 127 Å². The molecule has 286 valence electrons. The Labute approximate surface area is 349 Å². The lowest BCUT2D eigenvalue weighted by Crippen LogP contribution is -2.28. The van der Waals surface area contributed by atoms with Crippen molar-refractivity contribution in [1.29, 1.82) is 0 Å². The van der Waals surface area contributed by atoms with E-state index < -0.39 is 0 Å². The van der Waals surface area contributed by atoms with Crippen LogP contribution in [0.1, 0.15) is 97.3 Å². The first-order valence-electron chi connectivity index (χ1n) is 22.2. The third-order valence-corrected chi connectivity index (χ3v) is 14.7. The van der Waals surface area contributed by atoms with Crippen molar-refractivity contribution in [2.45, 2.75) is 75.0 Å². The maximum atomic E-state index is 2.74. The van der Waals surface area contributed by atoms with Crippen LogP contribution >= 0.6 is 0 Å². The molecule has 0 N–H and O–H groups in total. The molecule has 0 aromatic heterocycles. The van der Waals surface area contributed by atoms with Crippen LogP contribution in [0.2, 0.25) is 0 Å². The molecule has 0 amide bonds. The summed E-state index contributed by atoms with van der Waals surface area (Å²) >= 11 is 0. The highest BCUT2D eigenvalue weighted by molar-refractivity contribution is 6.00. The molecule has 0 aliphatic heterocycles. The van der Waals surface area contributed by atoms with Crippen LogP contribution in [0.5, 0.6) is 0 Å². The quantitative estimate of drug-likeness (QED) is 0.156. The van der Waals surface area contributed by atoms with Gasteiger partial charge >= 0.3 is 0 Å². The smallest absolute Gasteiger partial charge is 0.0462 e. The van der Waals surface area contributed by atoms with E-state index in [9.17, 15) is 0 Å². The molecule has 14 rings (SSSR count). The second-order valence-electron chi connectivity index (χ2n) is 17.8. The molecule has 6 aliphatic rings. The van der Waals surface area contributed by atoms with Crippen LogP contribution in [0.25, 0.3) is 55.3 Å². The van der Waals surface area contributed by atoms with E-state index in [1.165, 1.54) is 107 Å². The highest BCUT2D eigenvalue weighted by Crippen LogP contribution is 2.60. The minimum atomic E-state index is 0.721. The Bertz CT molecular complexity index is 2760. The number of fused-ring (bicyclic) bond motifs is 5. The molecule has 0 heterocycles. The average molecular weight is 760 g/mol. The molecule has 1 heteroatoms. The molecular weight excluding hydrogens is 711 g/mol. The number of nitrogens with zero attached hydrogens (tertiary/aromatic N) is 1. The number of anilines is 3. The number of rotatable bonds is 7. The van der Waals surface area contributed by atoms with Crippen molar-refractivity contribution in [2.75, 3.05) is 4.90 Å². The Morgan fingerprint density at radius 1 is 0.322 bits per heavy atom. The maximum absolute atomic E-state index is 2.74. The molecule has 8 aromatic carbocycles. The highest BCUT2D eigenvalue weighted by Gasteiger charge is 2.41. The van der Waals surface area contributed by atoms with Gasteiger partial charge in [0.05, 0.1) is 0 Å². The minimum Gasteiger partial charge on any atom is -0.311 e. The highest BCUT2D eigenvalue weighted by atomic mass is 15.1. The summed E-state index contributed by atoms with van der Waals surface area (Å²) in [5, 5.41) is 2.53. The van der Waals surface area contributed by atoms with Crippen LogP contribution in [0.15, 0.2) is 176 Å². The standard InChI is InChI=1S/C58H49N/c1-3-9-38(10-4-1)40-23-29-49(30-24-40)59(50-31-25-41(26-32-50)53-36-48(39-11-5-2-6-12-39)35-47-13-7-8-14-52(47)53)51-33-27-46(28-34-51)58-56-44-19-15-42(16-20-44)54(56)37-55-43-17-21-45(22-18-43)57(55)58/h1-14,23-37,42-45H,15-22H2. The van der Waals surface area contributed by atoms with Gasteiger partial charge in [0, 0.05) is 17.1 Å². The Hall–Kier alpha value is -6.18. The Kier molecular flexibility index (Phi) is 8.43. The topological polar surface area (TPSA) is 3.24 Å². The van der Waals surface area contributed by atoms with E-state index in [-0.39, 0.29) is 0 Å². The van der Waals surface area contributed by atoms with Crippen LogP contribution in [0.3, 0.4) is 0 Å². The summed E-state index contributed by atoms with van der Waals surface area (Å²) in [5.41, 5.74) is 20.9. The van der Waals surface area contributed by atoms with Gasteiger partial charge in [-0.25, -0.2) is 0 Å². The van der Waals surface area contributed by atoms with Crippen molar-refractivity contribution in [2.24, 2.45) is 0 Å². The molecule has 0 unspecified atom stereocenters. The van der Waals surface area contributed by atoms with Crippen molar-refractivity contribution in [3.05, 3.63) is 198 Å². The van der Waals surface area contributed by atoms with Crippen LogP contribution < -0.4 is 4.90 Å². The SMILES string of the molecule is c1ccc(-c2ccc(N(c3ccc(-c4c5c(cc6c4C4CCC6CC4)C4CCC5CC4)cc3)c3ccc(-c4cc(-c5ccccc5)cc5ccccc45)cc3)cc2)cc1. The van der Waals surface area contributed by atoms with Crippen molar-refractivity contribution in [1.82, 2.24) is 0 Å². The first-order valence-corrected chi connectivity index (χ1v) is 22.2. The van der Waals surface area contributed by atoms with E-state index in [0.717, 1.165) is 35.0 Å². The predicted octanol–water partition coefficient (Wildman–Crippen LogP) is 16.5. The second kappa shape index (κ2) is 14.3. The van der Waals surface area contributed by atoms with Gasteiger partial charge in [-0.15, -0.1) is 0 Å². The van der Waals surface area contributed by atoms with Gasteiger partial charge in [-0.05, 0) is 201 Å². The zero-order valence-corrected chi connectivity index (χ0v) is 33.7. The van der Waals surface area contributed by atoms with Crippen molar-refractivity contribution >= 4 is 27.8 Å².